The second kappa shape index (κ2) is 7.70. The lowest BCUT2D eigenvalue weighted by molar-refractivity contribution is 0.111. The Labute approximate surface area is 172 Å². The summed E-state index contributed by atoms with van der Waals surface area (Å²) >= 11 is 0. The third-order valence-corrected chi connectivity index (χ3v) is 8.16. The maximum atomic E-state index is 13.5. The average molecular weight is 414 g/mol. The molecule has 7 heteroatoms. The van der Waals surface area contributed by atoms with Gasteiger partial charge in [-0.15, -0.1) is 0 Å². The van der Waals surface area contributed by atoms with E-state index in [1.54, 1.807) is 22.5 Å². The van der Waals surface area contributed by atoms with E-state index in [4.69, 9.17) is 4.74 Å². The van der Waals surface area contributed by atoms with Gasteiger partial charge in [0, 0.05) is 32.4 Å². The number of benzene rings is 1. The van der Waals surface area contributed by atoms with Crippen LogP contribution in [0.4, 0.5) is 0 Å². The lowest BCUT2D eigenvalue weighted by atomic mass is 10.1. The fraction of sp³-hybridized carbons (Fsp3) is 0.500. The Kier molecular flexibility index (Phi) is 5.05. The summed E-state index contributed by atoms with van der Waals surface area (Å²) in [7, 11) is -3.56. The summed E-state index contributed by atoms with van der Waals surface area (Å²) in [6.07, 6.45) is 5.53. The third-order valence-electron chi connectivity index (χ3n) is 6.23. The van der Waals surface area contributed by atoms with Gasteiger partial charge in [-0.25, -0.2) is 8.42 Å². The van der Waals surface area contributed by atoms with Crippen LogP contribution in [-0.2, 0) is 16.6 Å². The van der Waals surface area contributed by atoms with Gasteiger partial charge in [0.1, 0.15) is 16.7 Å². The van der Waals surface area contributed by atoms with E-state index >= 15 is 0 Å². The van der Waals surface area contributed by atoms with Gasteiger partial charge >= 0.3 is 0 Å². The molecule has 0 unspecified atom stereocenters. The molecule has 3 heterocycles. The van der Waals surface area contributed by atoms with Crippen LogP contribution >= 0.6 is 0 Å². The Morgan fingerprint density at radius 2 is 1.79 bits per heavy atom. The van der Waals surface area contributed by atoms with Gasteiger partial charge in [-0.1, -0.05) is 18.2 Å². The first kappa shape index (κ1) is 19.0. The van der Waals surface area contributed by atoms with E-state index in [0.29, 0.717) is 23.1 Å². The summed E-state index contributed by atoms with van der Waals surface area (Å²) < 4.78 is 35.2. The van der Waals surface area contributed by atoms with Crippen molar-refractivity contribution >= 4 is 10.0 Å². The number of likely N-dealkylation sites (tertiary alicyclic amines) is 1. The number of hydrogen-bond acceptors (Lipinski definition) is 5. The van der Waals surface area contributed by atoms with Crippen LogP contribution in [0.15, 0.2) is 53.6 Å². The minimum absolute atomic E-state index is 0.123. The molecule has 0 amide bonds. The van der Waals surface area contributed by atoms with Crippen molar-refractivity contribution in [2.24, 2.45) is 5.92 Å². The minimum atomic E-state index is -3.56. The van der Waals surface area contributed by atoms with Gasteiger partial charge in [-0.2, -0.15) is 4.31 Å². The van der Waals surface area contributed by atoms with Crippen LogP contribution in [0.1, 0.15) is 31.4 Å². The van der Waals surface area contributed by atoms with Gasteiger partial charge in [-0.3, -0.25) is 9.88 Å². The number of rotatable bonds is 4. The van der Waals surface area contributed by atoms with E-state index in [1.807, 2.05) is 30.5 Å². The van der Waals surface area contributed by atoms with Gasteiger partial charge in [0.25, 0.3) is 0 Å². The van der Waals surface area contributed by atoms with Crippen LogP contribution in [0.3, 0.4) is 0 Å². The maximum Gasteiger partial charge on any atom is 0.247 e. The van der Waals surface area contributed by atoms with Crippen LogP contribution in [-0.4, -0.2) is 54.4 Å². The highest BCUT2D eigenvalue weighted by atomic mass is 32.2. The largest absolute Gasteiger partial charge is 0.487 e. The lowest BCUT2D eigenvalue weighted by Gasteiger charge is -2.31. The molecule has 0 N–H and O–H groups in total. The first-order chi connectivity index (χ1) is 14.1. The lowest BCUT2D eigenvalue weighted by Crippen LogP contribution is -2.48. The van der Waals surface area contributed by atoms with E-state index in [1.165, 1.54) is 0 Å². The summed E-state index contributed by atoms with van der Waals surface area (Å²) in [5, 5.41) is 0. The molecule has 1 aromatic heterocycles. The van der Waals surface area contributed by atoms with Gasteiger partial charge in [0.15, 0.2) is 0 Å². The summed E-state index contributed by atoms with van der Waals surface area (Å²) in [6.45, 7) is 3.11. The monoisotopic (exact) mass is 413 g/mol. The van der Waals surface area contributed by atoms with E-state index < -0.39 is 10.0 Å². The number of para-hydroxylation sites is 1. The van der Waals surface area contributed by atoms with E-state index in [9.17, 15) is 8.42 Å². The Morgan fingerprint density at radius 1 is 1.00 bits per heavy atom. The molecule has 0 bridgehead atoms. The second-order valence-electron chi connectivity index (χ2n) is 8.36. The van der Waals surface area contributed by atoms with Gasteiger partial charge in [-0.05, 0) is 55.9 Å². The van der Waals surface area contributed by atoms with Crippen molar-refractivity contribution < 1.29 is 13.2 Å². The maximum absolute atomic E-state index is 13.5. The average Bonchev–Trinajstić information content (AvgIpc) is 3.56. The molecule has 1 saturated heterocycles. The standard InChI is InChI=1S/C22H27N3O3S/c26-29(27)22-7-2-1-6-21(22)28-20-11-14-24(16-18-5-3-4-12-23-18)13-10-19(20)25(29)15-17-8-9-17/h1-7,12,17,19-20H,8-11,13-16H2/t19-,20-/m1/s1. The second-order valence-corrected chi connectivity index (χ2v) is 10.2. The van der Waals surface area contributed by atoms with Crippen molar-refractivity contribution in [1.29, 1.82) is 0 Å². The fourth-order valence-corrected chi connectivity index (χ4v) is 6.36. The summed E-state index contributed by atoms with van der Waals surface area (Å²) in [6, 6.07) is 13.0. The molecular weight excluding hydrogens is 386 g/mol. The molecule has 2 fully saturated rings. The third kappa shape index (κ3) is 3.91. The zero-order chi connectivity index (χ0) is 19.8. The first-order valence-corrected chi connectivity index (χ1v) is 11.9. The Hall–Kier alpha value is -1.96. The summed E-state index contributed by atoms with van der Waals surface area (Å²) in [5.41, 5.74) is 1.04. The number of ether oxygens (including phenoxy) is 1. The van der Waals surface area contributed by atoms with Crippen molar-refractivity contribution in [3.63, 3.8) is 0 Å². The summed E-state index contributed by atoms with van der Waals surface area (Å²) in [4.78, 5) is 7.13. The van der Waals surface area contributed by atoms with Crippen LogP contribution < -0.4 is 4.74 Å². The van der Waals surface area contributed by atoms with Crippen molar-refractivity contribution in [1.82, 2.24) is 14.2 Å². The molecule has 2 atom stereocenters. The predicted octanol–water partition coefficient (Wildman–Crippen LogP) is 2.91. The number of fused-ring (bicyclic) bond motifs is 2. The zero-order valence-corrected chi connectivity index (χ0v) is 17.3. The molecule has 2 aliphatic heterocycles. The van der Waals surface area contributed by atoms with E-state index in [-0.39, 0.29) is 12.1 Å². The minimum Gasteiger partial charge on any atom is -0.487 e. The number of nitrogens with zero attached hydrogens (tertiary/aromatic N) is 3. The normalized spacial score (nSPS) is 27.2. The molecule has 2 aromatic rings. The van der Waals surface area contributed by atoms with Gasteiger partial charge in [0.05, 0.1) is 11.7 Å². The highest BCUT2D eigenvalue weighted by Crippen LogP contribution is 2.39. The van der Waals surface area contributed by atoms with Crippen LogP contribution in [0, 0.1) is 5.92 Å². The molecule has 29 heavy (non-hydrogen) atoms. The molecule has 1 aromatic carbocycles. The highest BCUT2D eigenvalue weighted by molar-refractivity contribution is 7.89. The quantitative estimate of drug-likeness (QED) is 0.771. The van der Waals surface area contributed by atoms with Gasteiger partial charge < -0.3 is 4.74 Å². The highest BCUT2D eigenvalue weighted by Gasteiger charge is 2.45. The van der Waals surface area contributed by atoms with Crippen LogP contribution in [0.5, 0.6) is 5.75 Å². The molecule has 1 saturated carbocycles. The molecule has 0 spiro atoms. The number of pyridine rings is 1. The van der Waals surface area contributed by atoms with Crippen LogP contribution in [0.2, 0.25) is 0 Å². The van der Waals surface area contributed by atoms with Crippen molar-refractivity contribution in [2.75, 3.05) is 19.6 Å². The molecular formula is C22H27N3O3S. The predicted molar refractivity (Wildman–Crippen MR) is 110 cm³/mol. The Bertz CT molecular complexity index is 962. The smallest absolute Gasteiger partial charge is 0.247 e. The fourth-order valence-electron chi connectivity index (χ4n) is 4.48. The molecule has 154 valence electrons. The number of hydrogen-bond donors (Lipinski definition) is 0. The zero-order valence-electron chi connectivity index (χ0n) is 16.5. The van der Waals surface area contributed by atoms with Gasteiger partial charge in [0.2, 0.25) is 10.0 Å². The molecule has 3 aliphatic rings. The van der Waals surface area contributed by atoms with Crippen molar-refractivity contribution in [3.8, 4) is 5.75 Å². The van der Waals surface area contributed by atoms with E-state index in [0.717, 1.165) is 51.0 Å². The molecule has 5 rings (SSSR count). The molecule has 6 nitrogen and oxygen atoms in total. The topological polar surface area (TPSA) is 62.7 Å². The first-order valence-electron chi connectivity index (χ1n) is 10.5. The molecule has 1 aliphatic carbocycles. The number of sulfonamides is 1. The Balaban J connectivity index is 1.44. The van der Waals surface area contributed by atoms with E-state index in [2.05, 4.69) is 9.88 Å². The summed E-state index contributed by atoms with van der Waals surface area (Å²) in [5.74, 6) is 0.988. The van der Waals surface area contributed by atoms with Crippen molar-refractivity contribution in [3.05, 3.63) is 54.4 Å². The van der Waals surface area contributed by atoms with Crippen LogP contribution in [0.25, 0.3) is 0 Å². The molecule has 0 radical (unpaired) electrons. The van der Waals surface area contributed by atoms with Crippen molar-refractivity contribution in [2.45, 2.75) is 49.3 Å². The SMILES string of the molecule is O=S1(=O)c2ccccc2O[C@@H]2CCN(Cc3ccccn3)CC[C@H]2N1CC1CC1. The number of aromatic nitrogens is 1. The Morgan fingerprint density at radius 3 is 2.59 bits per heavy atom.